The van der Waals surface area contributed by atoms with E-state index < -0.39 is 0 Å². The maximum absolute atomic E-state index is 11.8. The van der Waals surface area contributed by atoms with Crippen molar-refractivity contribution in [1.82, 2.24) is 15.1 Å². The van der Waals surface area contributed by atoms with E-state index in [1.54, 1.807) is 16.8 Å². The minimum atomic E-state index is -0.0511. The summed E-state index contributed by atoms with van der Waals surface area (Å²) in [7, 11) is 0. The van der Waals surface area contributed by atoms with Gasteiger partial charge in [0.1, 0.15) is 0 Å². The lowest BCUT2D eigenvalue weighted by Crippen LogP contribution is -2.23. The Morgan fingerprint density at radius 2 is 1.95 bits per heavy atom. The monoisotopic (exact) mass is 291 g/mol. The number of carbonyl (C=O) groups excluding carboxylic acids is 1. The van der Waals surface area contributed by atoms with Gasteiger partial charge in [0.2, 0.25) is 0 Å². The number of aryl methyl sites for hydroxylation is 1. The van der Waals surface area contributed by atoms with Gasteiger partial charge in [0.15, 0.2) is 0 Å². The maximum Gasteiger partial charge on any atom is 0.251 e. The fraction of sp³-hybridized carbons (Fsp3) is 0.333. The molecule has 1 heterocycles. The van der Waals surface area contributed by atoms with Gasteiger partial charge in [0, 0.05) is 12.1 Å². The van der Waals surface area contributed by atoms with Gasteiger partial charge in [-0.1, -0.05) is 18.5 Å². The largest absolute Gasteiger partial charge is 0.352 e. The average molecular weight is 292 g/mol. The van der Waals surface area contributed by atoms with Crippen LogP contribution in [0.4, 0.5) is 0 Å². The summed E-state index contributed by atoms with van der Waals surface area (Å²) >= 11 is 6.14. The van der Waals surface area contributed by atoms with Crippen LogP contribution in [0.3, 0.4) is 0 Å². The normalized spacial score (nSPS) is 10.6. The molecule has 1 amide bonds. The highest BCUT2D eigenvalue weighted by Gasteiger charge is 2.11. The van der Waals surface area contributed by atoms with Gasteiger partial charge in [0.05, 0.1) is 22.1 Å². The first-order valence-electron chi connectivity index (χ1n) is 6.65. The van der Waals surface area contributed by atoms with Crippen molar-refractivity contribution in [2.45, 2.75) is 27.2 Å². The summed E-state index contributed by atoms with van der Waals surface area (Å²) in [6.45, 7) is 6.51. The number of rotatable bonds is 4. The number of benzene rings is 1. The second-order valence-electron chi connectivity index (χ2n) is 4.70. The third-order valence-corrected chi connectivity index (χ3v) is 3.66. The van der Waals surface area contributed by atoms with Crippen LogP contribution in [0.25, 0.3) is 5.69 Å². The summed E-state index contributed by atoms with van der Waals surface area (Å²) in [5, 5.41) is 7.91. The molecule has 0 fully saturated rings. The SMILES string of the molecule is CCCNC(=O)c1ccc(-n2nc(C)c(Cl)c2C)cc1. The number of amides is 1. The first-order chi connectivity index (χ1) is 9.54. The summed E-state index contributed by atoms with van der Waals surface area (Å²) in [5.74, 6) is -0.0511. The number of carbonyl (C=O) groups is 1. The van der Waals surface area contributed by atoms with Gasteiger partial charge in [-0.15, -0.1) is 0 Å². The van der Waals surface area contributed by atoms with Crippen LogP contribution < -0.4 is 5.32 Å². The highest BCUT2D eigenvalue weighted by atomic mass is 35.5. The molecule has 2 rings (SSSR count). The molecule has 106 valence electrons. The Morgan fingerprint density at radius 3 is 2.45 bits per heavy atom. The molecule has 5 heteroatoms. The van der Waals surface area contributed by atoms with Crippen molar-refractivity contribution in [3.63, 3.8) is 0 Å². The van der Waals surface area contributed by atoms with E-state index in [2.05, 4.69) is 10.4 Å². The number of hydrogen-bond acceptors (Lipinski definition) is 2. The third-order valence-electron chi connectivity index (χ3n) is 3.11. The zero-order chi connectivity index (χ0) is 14.7. The second-order valence-corrected chi connectivity index (χ2v) is 5.08. The Kier molecular flexibility index (Phi) is 4.45. The standard InChI is InChI=1S/C15H18ClN3O/c1-4-9-17-15(20)12-5-7-13(8-6-12)19-11(3)14(16)10(2)18-19/h5-8H,4,9H2,1-3H3,(H,17,20). The van der Waals surface area contributed by atoms with E-state index in [4.69, 9.17) is 11.6 Å². The van der Waals surface area contributed by atoms with E-state index >= 15 is 0 Å². The molecular weight excluding hydrogens is 274 g/mol. The van der Waals surface area contributed by atoms with Crippen molar-refractivity contribution in [3.8, 4) is 5.69 Å². The van der Waals surface area contributed by atoms with Crippen LogP contribution in [-0.2, 0) is 0 Å². The van der Waals surface area contributed by atoms with Gasteiger partial charge in [0.25, 0.3) is 5.91 Å². The van der Waals surface area contributed by atoms with E-state index in [1.165, 1.54) is 0 Å². The smallest absolute Gasteiger partial charge is 0.251 e. The van der Waals surface area contributed by atoms with Gasteiger partial charge >= 0.3 is 0 Å². The maximum atomic E-state index is 11.8. The zero-order valence-electron chi connectivity index (χ0n) is 11.9. The molecular formula is C15H18ClN3O. The average Bonchev–Trinajstić information content (AvgIpc) is 2.72. The molecule has 0 aliphatic carbocycles. The summed E-state index contributed by atoms with van der Waals surface area (Å²) in [6.07, 6.45) is 0.925. The lowest BCUT2D eigenvalue weighted by Gasteiger charge is -2.07. The van der Waals surface area contributed by atoms with Crippen LogP contribution in [0, 0.1) is 13.8 Å². The Bertz CT molecular complexity index is 617. The van der Waals surface area contributed by atoms with Crippen LogP contribution in [-0.4, -0.2) is 22.2 Å². The predicted molar refractivity (Wildman–Crippen MR) is 80.7 cm³/mol. The number of halogens is 1. The van der Waals surface area contributed by atoms with Crippen LogP contribution >= 0.6 is 11.6 Å². The van der Waals surface area contributed by atoms with Crippen LogP contribution in [0.15, 0.2) is 24.3 Å². The fourth-order valence-corrected chi connectivity index (χ4v) is 2.09. The van der Waals surface area contributed by atoms with E-state index in [-0.39, 0.29) is 5.91 Å². The number of nitrogens with one attached hydrogen (secondary N) is 1. The van der Waals surface area contributed by atoms with Crippen LogP contribution in [0.1, 0.15) is 35.1 Å². The molecule has 1 aromatic carbocycles. The molecule has 0 bridgehead atoms. The Balaban J connectivity index is 2.24. The van der Waals surface area contributed by atoms with Gasteiger partial charge < -0.3 is 5.32 Å². The fourth-order valence-electron chi connectivity index (χ4n) is 1.97. The van der Waals surface area contributed by atoms with Gasteiger partial charge in [-0.3, -0.25) is 4.79 Å². The van der Waals surface area contributed by atoms with E-state index in [0.29, 0.717) is 17.1 Å². The minimum absolute atomic E-state index is 0.0511. The van der Waals surface area contributed by atoms with Crippen LogP contribution in [0.2, 0.25) is 5.02 Å². The summed E-state index contributed by atoms with van der Waals surface area (Å²) in [6, 6.07) is 7.34. The highest BCUT2D eigenvalue weighted by Crippen LogP contribution is 2.22. The number of aromatic nitrogens is 2. The Hall–Kier alpha value is -1.81. The molecule has 0 unspecified atom stereocenters. The van der Waals surface area contributed by atoms with E-state index in [9.17, 15) is 4.79 Å². The Labute approximate surface area is 123 Å². The van der Waals surface area contributed by atoms with E-state index in [0.717, 1.165) is 23.5 Å². The molecule has 20 heavy (non-hydrogen) atoms. The van der Waals surface area contributed by atoms with Gasteiger partial charge in [-0.2, -0.15) is 5.10 Å². The van der Waals surface area contributed by atoms with E-state index in [1.807, 2.05) is 32.9 Å². The summed E-state index contributed by atoms with van der Waals surface area (Å²) < 4.78 is 1.78. The van der Waals surface area contributed by atoms with Crippen molar-refractivity contribution in [2.24, 2.45) is 0 Å². The summed E-state index contributed by atoms with van der Waals surface area (Å²) in [4.78, 5) is 11.8. The molecule has 0 saturated carbocycles. The molecule has 1 N–H and O–H groups in total. The second kappa shape index (κ2) is 6.09. The minimum Gasteiger partial charge on any atom is -0.352 e. The van der Waals surface area contributed by atoms with Crippen molar-refractivity contribution >= 4 is 17.5 Å². The molecule has 0 spiro atoms. The lowest BCUT2D eigenvalue weighted by molar-refractivity contribution is 0.0953. The topological polar surface area (TPSA) is 46.9 Å². The number of nitrogens with zero attached hydrogens (tertiary/aromatic N) is 2. The molecule has 0 radical (unpaired) electrons. The van der Waals surface area contributed by atoms with Crippen molar-refractivity contribution in [2.75, 3.05) is 6.54 Å². The molecule has 2 aromatic rings. The van der Waals surface area contributed by atoms with Crippen molar-refractivity contribution in [1.29, 1.82) is 0 Å². The third kappa shape index (κ3) is 2.85. The first-order valence-corrected chi connectivity index (χ1v) is 7.02. The molecule has 1 aromatic heterocycles. The highest BCUT2D eigenvalue weighted by molar-refractivity contribution is 6.31. The van der Waals surface area contributed by atoms with Gasteiger partial charge in [-0.25, -0.2) is 4.68 Å². The summed E-state index contributed by atoms with van der Waals surface area (Å²) in [5.41, 5.74) is 3.24. The lowest BCUT2D eigenvalue weighted by atomic mass is 10.2. The molecule has 4 nitrogen and oxygen atoms in total. The Morgan fingerprint density at radius 1 is 1.30 bits per heavy atom. The molecule has 0 saturated heterocycles. The van der Waals surface area contributed by atoms with Crippen molar-refractivity contribution in [3.05, 3.63) is 46.2 Å². The first kappa shape index (κ1) is 14.6. The molecule has 0 aliphatic rings. The number of hydrogen-bond donors (Lipinski definition) is 1. The molecule has 0 aliphatic heterocycles. The molecule has 0 atom stereocenters. The van der Waals surface area contributed by atoms with Crippen LogP contribution in [0.5, 0.6) is 0 Å². The zero-order valence-corrected chi connectivity index (χ0v) is 12.7. The van der Waals surface area contributed by atoms with Gasteiger partial charge in [-0.05, 0) is 44.5 Å². The quantitative estimate of drug-likeness (QED) is 0.939. The van der Waals surface area contributed by atoms with Crippen molar-refractivity contribution < 1.29 is 4.79 Å². The predicted octanol–water partition coefficient (Wildman–Crippen LogP) is 3.28.